The molecular formula is C14H20BrN3O2. The molecule has 0 spiro atoms. The summed E-state index contributed by atoms with van der Waals surface area (Å²) >= 11 is 3.31. The number of aliphatic hydroxyl groups excluding tert-OH is 1. The van der Waals surface area contributed by atoms with Crippen LogP contribution >= 0.6 is 15.9 Å². The molecule has 0 radical (unpaired) electrons. The SMILES string of the molecule is CC(O)CC1CCCN1CC(=O)Nc1ccc(Br)cn1. The molecule has 2 rings (SSSR count). The third kappa shape index (κ3) is 4.54. The number of aliphatic hydroxyl groups is 1. The van der Waals surface area contributed by atoms with Gasteiger partial charge in [-0.25, -0.2) is 4.98 Å². The highest BCUT2D eigenvalue weighted by Crippen LogP contribution is 2.21. The number of amides is 1. The first-order chi connectivity index (χ1) is 9.54. The van der Waals surface area contributed by atoms with Crippen molar-refractivity contribution in [3.63, 3.8) is 0 Å². The lowest BCUT2D eigenvalue weighted by Gasteiger charge is -2.24. The molecule has 2 unspecified atom stereocenters. The zero-order chi connectivity index (χ0) is 14.5. The Bertz CT molecular complexity index is 450. The third-order valence-corrected chi connectivity index (χ3v) is 3.92. The van der Waals surface area contributed by atoms with Gasteiger partial charge in [0.25, 0.3) is 0 Å². The Kier molecular flexibility index (Phi) is 5.51. The second kappa shape index (κ2) is 7.15. The Morgan fingerprint density at radius 2 is 2.45 bits per heavy atom. The predicted octanol–water partition coefficient (Wildman–Crippen LogP) is 2.02. The number of rotatable bonds is 5. The van der Waals surface area contributed by atoms with Gasteiger partial charge in [-0.1, -0.05) is 0 Å². The van der Waals surface area contributed by atoms with Gasteiger partial charge in [0.15, 0.2) is 0 Å². The molecule has 1 fully saturated rings. The van der Waals surface area contributed by atoms with Crippen LogP contribution < -0.4 is 5.32 Å². The summed E-state index contributed by atoms with van der Waals surface area (Å²) < 4.78 is 0.882. The van der Waals surface area contributed by atoms with Gasteiger partial charge in [-0.3, -0.25) is 9.69 Å². The van der Waals surface area contributed by atoms with Gasteiger partial charge in [0.05, 0.1) is 12.6 Å². The van der Waals surface area contributed by atoms with Crippen molar-refractivity contribution in [1.29, 1.82) is 0 Å². The van der Waals surface area contributed by atoms with Gasteiger partial charge in [0.1, 0.15) is 5.82 Å². The van der Waals surface area contributed by atoms with Crippen LogP contribution in [0.1, 0.15) is 26.2 Å². The average Bonchev–Trinajstić information content (AvgIpc) is 2.78. The van der Waals surface area contributed by atoms with E-state index in [0.717, 1.165) is 30.3 Å². The number of carbonyl (C=O) groups excluding carboxylic acids is 1. The minimum absolute atomic E-state index is 0.0580. The standard InChI is InChI=1S/C14H20BrN3O2/c1-10(19)7-12-3-2-6-18(12)9-14(20)17-13-5-4-11(15)8-16-13/h4-5,8,10,12,19H,2-3,6-7,9H2,1H3,(H,16,17,20). The van der Waals surface area contributed by atoms with Crippen LogP contribution in [0.2, 0.25) is 0 Å². The van der Waals surface area contributed by atoms with Crippen LogP contribution in [0.5, 0.6) is 0 Å². The number of pyridine rings is 1. The largest absolute Gasteiger partial charge is 0.393 e. The van der Waals surface area contributed by atoms with E-state index in [1.165, 1.54) is 0 Å². The fraction of sp³-hybridized carbons (Fsp3) is 0.571. The highest BCUT2D eigenvalue weighted by atomic mass is 79.9. The maximum absolute atomic E-state index is 12.0. The van der Waals surface area contributed by atoms with Crippen molar-refractivity contribution in [3.05, 3.63) is 22.8 Å². The number of anilines is 1. The molecule has 1 aliphatic heterocycles. The molecular weight excluding hydrogens is 322 g/mol. The molecule has 2 atom stereocenters. The molecule has 0 bridgehead atoms. The second-order valence-electron chi connectivity index (χ2n) is 5.26. The fourth-order valence-electron chi connectivity index (χ4n) is 2.58. The number of aromatic nitrogens is 1. The maximum Gasteiger partial charge on any atom is 0.239 e. The van der Waals surface area contributed by atoms with E-state index in [2.05, 4.69) is 31.1 Å². The summed E-state index contributed by atoms with van der Waals surface area (Å²) in [5, 5.41) is 12.3. The highest BCUT2D eigenvalue weighted by Gasteiger charge is 2.27. The van der Waals surface area contributed by atoms with E-state index in [0.29, 0.717) is 18.4 Å². The summed E-state index contributed by atoms with van der Waals surface area (Å²) in [6.07, 6.45) is 4.19. The quantitative estimate of drug-likeness (QED) is 0.859. The minimum atomic E-state index is -0.322. The van der Waals surface area contributed by atoms with Crippen LogP contribution in [0.25, 0.3) is 0 Å². The average molecular weight is 342 g/mol. The molecule has 2 heterocycles. The van der Waals surface area contributed by atoms with Crippen LogP contribution in [-0.2, 0) is 4.79 Å². The number of halogens is 1. The van der Waals surface area contributed by atoms with E-state index in [1.54, 1.807) is 19.2 Å². The Balaban J connectivity index is 1.86. The Labute approximate surface area is 127 Å². The van der Waals surface area contributed by atoms with E-state index < -0.39 is 0 Å². The van der Waals surface area contributed by atoms with Crippen molar-refractivity contribution in [1.82, 2.24) is 9.88 Å². The molecule has 6 heteroatoms. The van der Waals surface area contributed by atoms with Crippen molar-refractivity contribution in [3.8, 4) is 0 Å². The number of hydrogen-bond donors (Lipinski definition) is 2. The lowest BCUT2D eigenvalue weighted by molar-refractivity contribution is -0.117. The van der Waals surface area contributed by atoms with Gasteiger partial charge >= 0.3 is 0 Å². The van der Waals surface area contributed by atoms with Gasteiger partial charge in [-0.15, -0.1) is 0 Å². The predicted molar refractivity (Wildman–Crippen MR) is 81.5 cm³/mol. The summed E-state index contributed by atoms with van der Waals surface area (Å²) in [7, 11) is 0. The summed E-state index contributed by atoms with van der Waals surface area (Å²) in [4.78, 5) is 18.3. The molecule has 110 valence electrons. The van der Waals surface area contributed by atoms with E-state index in [1.807, 2.05) is 6.07 Å². The summed E-state index contributed by atoms with van der Waals surface area (Å²) in [5.41, 5.74) is 0. The van der Waals surface area contributed by atoms with E-state index in [4.69, 9.17) is 0 Å². The molecule has 20 heavy (non-hydrogen) atoms. The van der Waals surface area contributed by atoms with E-state index in [9.17, 15) is 9.90 Å². The van der Waals surface area contributed by atoms with Crippen molar-refractivity contribution in [2.24, 2.45) is 0 Å². The number of likely N-dealkylation sites (tertiary alicyclic amines) is 1. The zero-order valence-electron chi connectivity index (χ0n) is 11.6. The first-order valence-electron chi connectivity index (χ1n) is 6.88. The number of carbonyl (C=O) groups is 1. The van der Waals surface area contributed by atoms with Gasteiger partial charge in [-0.2, -0.15) is 0 Å². The van der Waals surface area contributed by atoms with Gasteiger partial charge in [0, 0.05) is 16.7 Å². The number of hydrogen-bond acceptors (Lipinski definition) is 4. The summed E-state index contributed by atoms with van der Waals surface area (Å²) in [6, 6.07) is 3.91. The van der Waals surface area contributed by atoms with Crippen molar-refractivity contribution < 1.29 is 9.90 Å². The Morgan fingerprint density at radius 3 is 3.10 bits per heavy atom. The van der Waals surface area contributed by atoms with Gasteiger partial charge in [0.2, 0.25) is 5.91 Å². The van der Waals surface area contributed by atoms with Gasteiger partial charge < -0.3 is 10.4 Å². The number of nitrogens with one attached hydrogen (secondary N) is 1. The maximum atomic E-state index is 12.0. The molecule has 1 aromatic heterocycles. The fourth-order valence-corrected chi connectivity index (χ4v) is 2.82. The lowest BCUT2D eigenvalue weighted by Crippen LogP contribution is -2.38. The van der Waals surface area contributed by atoms with Crippen LogP contribution in [0, 0.1) is 0 Å². The molecule has 2 N–H and O–H groups in total. The van der Waals surface area contributed by atoms with Crippen molar-refractivity contribution in [2.75, 3.05) is 18.4 Å². The smallest absolute Gasteiger partial charge is 0.239 e. The summed E-state index contributed by atoms with van der Waals surface area (Å²) in [5.74, 6) is 0.502. The number of nitrogens with zero attached hydrogens (tertiary/aromatic N) is 2. The molecule has 5 nitrogen and oxygen atoms in total. The molecule has 0 saturated carbocycles. The van der Waals surface area contributed by atoms with Crippen molar-refractivity contribution >= 4 is 27.7 Å². The molecule has 1 aromatic rings. The van der Waals surface area contributed by atoms with Crippen LogP contribution in [0.3, 0.4) is 0 Å². The molecule has 0 aliphatic carbocycles. The molecule has 1 amide bonds. The second-order valence-corrected chi connectivity index (χ2v) is 6.18. The van der Waals surface area contributed by atoms with E-state index in [-0.39, 0.29) is 12.0 Å². The first kappa shape index (κ1) is 15.4. The molecule has 0 aromatic carbocycles. The minimum Gasteiger partial charge on any atom is -0.393 e. The monoisotopic (exact) mass is 341 g/mol. The topological polar surface area (TPSA) is 65.5 Å². The molecule has 1 aliphatic rings. The normalized spacial score (nSPS) is 20.9. The Morgan fingerprint density at radius 1 is 1.65 bits per heavy atom. The van der Waals surface area contributed by atoms with Crippen LogP contribution in [0.15, 0.2) is 22.8 Å². The first-order valence-corrected chi connectivity index (χ1v) is 7.67. The lowest BCUT2D eigenvalue weighted by atomic mass is 10.1. The highest BCUT2D eigenvalue weighted by molar-refractivity contribution is 9.10. The zero-order valence-corrected chi connectivity index (χ0v) is 13.1. The van der Waals surface area contributed by atoms with Crippen LogP contribution in [0.4, 0.5) is 5.82 Å². The van der Waals surface area contributed by atoms with E-state index >= 15 is 0 Å². The Hall–Kier alpha value is -0.980. The molecule has 1 saturated heterocycles. The third-order valence-electron chi connectivity index (χ3n) is 3.45. The van der Waals surface area contributed by atoms with Crippen molar-refractivity contribution in [2.45, 2.75) is 38.3 Å². The summed E-state index contributed by atoms with van der Waals surface area (Å²) in [6.45, 7) is 3.07. The van der Waals surface area contributed by atoms with Gasteiger partial charge in [-0.05, 0) is 60.8 Å². The van der Waals surface area contributed by atoms with Crippen LogP contribution in [-0.4, -0.2) is 46.1 Å².